The number of carbonyl (C=O) groups excluding carboxylic acids is 1. The quantitative estimate of drug-likeness (QED) is 0.317. The van der Waals surface area contributed by atoms with Crippen molar-refractivity contribution in [2.45, 2.75) is 6.18 Å². The molecule has 8 nitrogen and oxygen atoms in total. The van der Waals surface area contributed by atoms with Crippen molar-refractivity contribution in [2.24, 2.45) is 5.73 Å². The molecule has 2 N–H and O–H groups in total. The normalized spacial score (nSPS) is 11.3. The number of halogens is 3. The van der Waals surface area contributed by atoms with Crippen LogP contribution in [0.2, 0.25) is 0 Å². The first-order valence-electron chi connectivity index (χ1n) is 10.9. The van der Waals surface area contributed by atoms with Crippen LogP contribution in [0.5, 0.6) is 5.75 Å². The maximum atomic E-state index is 13.9. The predicted octanol–water partition coefficient (Wildman–Crippen LogP) is 5.48. The molecular weight excluding hydrogens is 517 g/mol. The van der Waals surface area contributed by atoms with Gasteiger partial charge in [0.2, 0.25) is 0 Å². The number of carbonyl (C=O) groups is 1. The van der Waals surface area contributed by atoms with Crippen LogP contribution in [0, 0.1) is 11.3 Å². The van der Waals surface area contributed by atoms with Crippen LogP contribution in [0.25, 0.3) is 43.6 Å². The Labute approximate surface area is 217 Å². The van der Waals surface area contributed by atoms with Crippen molar-refractivity contribution in [2.75, 3.05) is 7.11 Å². The molecule has 0 aliphatic rings. The van der Waals surface area contributed by atoms with Crippen LogP contribution in [-0.2, 0) is 6.18 Å². The van der Waals surface area contributed by atoms with Gasteiger partial charge in [0.1, 0.15) is 22.1 Å². The van der Waals surface area contributed by atoms with Crippen molar-refractivity contribution >= 4 is 27.7 Å². The number of ether oxygens (including phenoxy) is 1. The van der Waals surface area contributed by atoms with E-state index in [9.17, 15) is 18.0 Å². The molecule has 0 bridgehead atoms. The molecule has 3 aromatic heterocycles. The van der Waals surface area contributed by atoms with Crippen molar-refractivity contribution in [3.05, 3.63) is 77.6 Å². The molecule has 0 radical (unpaired) electrons. The Bertz CT molecular complexity index is 1740. The summed E-state index contributed by atoms with van der Waals surface area (Å²) in [6, 6.07) is 15.8. The molecule has 188 valence electrons. The average Bonchev–Trinajstić information content (AvgIpc) is 3.35. The van der Waals surface area contributed by atoms with Gasteiger partial charge in [-0.15, -0.1) is 0 Å². The van der Waals surface area contributed by atoms with E-state index < -0.39 is 17.8 Å². The number of methoxy groups -OCH3 is 1. The fraction of sp³-hybridized carbons (Fsp3) is 0.0769. The van der Waals surface area contributed by atoms with E-state index in [1.165, 1.54) is 19.4 Å². The first-order chi connectivity index (χ1) is 18.2. The SMILES string of the molecule is COc1ccccc1-c1cc(C(F)(F)F)nc(-c2nc3ncc(-c4ccc(C#N)cc4)nc3s2)c1C(N)=O. The van der Waals surface area contributed by atoms with Gasteiger partial charge in [-0.2, -0.15) is 18.4 Å². The highest BCUT2D eigenvalue weighted by Crippen LogP contribution is 2.41. The third-order valence-electron chi connectivity index (χ3n) is 5.59. The number of para-hydroxylation sites is 1. The lowest BCUT2D eigenvalue weighted by Crippen LogP contribution is -2.18. The van der Waals surface area contributed by atoms with Gasteiger partial charge in [-0.25, -0.2) is 19.9 Å². The summed E-state index contributed by atoms with van der Waals surface area (Å²) in [5, 5.41) is 9.00. The standard InChI is InChI=1S/C26H15F3N6O2S/c1-37-18-5-3-2-4-15(18)16-10-19(26(27,28)29)34-21(20(16)22(31)36)24-35-23-25(38-24)33-17(12-32-23)14-8-6-13(11-30)7-9-14/h2-10,12H,1H3,(H2,31,36). The van der Waals surface area contributed by atoms with Gasteiger partial charge in [0.15, 0.2) is 10.5 Å². The molecule has 3 heterocycles. The summed E-state index contributed by atoms with van der Waals surface area (Å²) >= 11 is 0.926. The fourth-order valence-corrected chi connectivity index (χ4v) is 4.74. The van der Waals surface area contributed by atoms with Gasteiger partial charge in [0, 0.05) is 16.7 Å². The maximum Gasteiger partial charge on any atom is 0.433 e. The highest BCUT2D eigenvalue weighted by atomic mass is 32.1. The average molecular weight is 533 g/mol. The molecule has 0 aliphatic carbocycles. The van der Waals surface area contributed by atoms with Gasteiger partial charge < -0.3 is 10.5 Å². The van der Waals surface area contributed by atoms with E-state index in [2.05, 4.69) is 19.9 Å². The maximum absolute atomic E-state index is 13.9. The number of rotatable bonds is 5. The van der Waals surface area contributed by atoms with Crippen molar-refractivity contribution in [3.8, 4) is 44.9 Å². The molecule has 0 aliphatic heterocycles. The number of primary amides is 1. The third kappa shape index (κ3) is 4.51. The van der Waals surface area contributed by atoms with E-state index in [0.29, 0.717) is 21.7 Å². The van der Waals surface area contributed by atoms with Crippen molar-refractivity contribution in [1.29, 1.82) is 5.26 Å². The summed E-state index contributed by atoms with van der Waals surface area (Å²) in [6.07, 6.45) is -3.36. The van der Waals surface area contributed by atoms with Crippen molar-refractivity contribution < 1.29 is 22.7 Å². The second kappa shape index (κ2) is 9.53. The van der Waals surface area contributed by atoms with Crippen LogP contribution in [0.15, 0.2) is 60.8 Å². The topological polar surface area (TPSA) is 128 Å². The molecule has 5 aromatic rings. The molecular formula is C26H15F3N6O2S. The molecule has 0 saturated carbocycles. The van der Waals surface area contributed by atoms with E-state index in [0.717, 1.165) is 17.4 Å². The molecule has 0 saturated heterocycles. The monoisotopic (exact) mass is 532 g/mol. The van der Waals surface area contributed by atoms with Crippen molar-refractivity contribution in [3.63, 3.8) is 0 Å². The van der Waals surface area contributed by atoms with Gasteiger partial charge >= 0.3 is 6.18 Å². The van der Waals surface area contributed by atoms with Crippen LogP contribution in [0.4, 0.5) is 13.2 Å². The second-order valence-electron chi connectivity index (χ2n) is 7.93. The zero-order valence-corrected chi connectivity index (χ0v) is 20.3. The Balaban J connectivity index is 1.73. The molecule has 5 rings (SSSR count). The Hall–Kier alpha value is -4.89. The largest absolute Gasteiger partial charge is 0.496 e. The lowest BCUT2D eigenvalue weighted by atomic mass is 9.96. The molecule has 0 fully saturated rings. The van der Waals surface area contributed by atoms with Gasteiger partial charge in [0.25, 0.3) is 5.91 Å². The number of nitriles is 1. The lowest BCUT2D eigenvalue weighted by molar-refractivity contribution is -0.141. The van der Waals surface area contributed by atoms with E-state index in [1.807, 2.05) is 6.07 Å². The summed E-state index contributed by atoms with van der Waals surface area (Å²) in [6.45, 7) is 0. The minimum atomic E-state index is -4.82. The Morgan fingerprint density at radius 1 is 1.05 bits per heavy atom. The lowest BCUT2D eigenvalue weighted by Gasteiger charge is -2.16. The Morgan fingerprint density at radius 2 is 1.79 bits per heavy atom. The van der Waals surface area contributed by atoms with Crippen LogP contribution < -0.4 is 10.5 Å². The highest BCUT2D eigenvalue weighted by molar-refractivity contribution is 7.21. The Morgan fingerprint density at radius 3 is 2.45 bits per heavy atom. The zero-order valence-electron chi connectivity index (χ0n) is 19.4. The van der Waals surface area contributed by atoms with Crippen LogP contribution >= 0.6 is 11.3 Å². The molecule has 0 atom stereocenters. The van der Waals surface area contributed by atoms with Gasteiger partial charge in [-0.1, -0.05) is 41.7 Å². The second-order valence-corrected chi connectivity index (χ2v) is 8.91. The number of aromatic nitrogens is 4. The summed E-state index contributed by atoms with van der Waals surface area (Å²) < 4.78 is 47.1. The molecule has 0 spiro atoms. The summed E-state index contributed by atoms with van der Waals surface area (Å²) in [5.74, 6) is -0.736. The van der Waals surface area contributed by atoms with E-state index >= 15 is 0 Å². The number of fused-ring (bicyclic) bond motifs is 1. The molecule has 1 amide bonds. The number of pyridine rings is 1. The van der Waals surface area contributed by atoms with E-state index in [-0.39, 0.29) is 38.8 Å². The highest BCUT2D eigenvalue weighted by Gasteiger charge is 2.36. The summed E-state index contributed by atoms with van der Waals surface area (Å²) in [7, 11) is 1.37. The summed E-state index contributed by atoms with van der Waals surface area (Å²) in [4.78, 5) is 29.9. The van der Waals surface area contributed by atoms with E-state index in [4.69, 9.17) is 15.7 Å². The number of thiazole rings is 1. The number of alkyl halides is 3. The van der Waals surface area contributed by atoms with Gasteiger partial charge in [0.05, 0.1) is 36.2 Å². The predicted molar refractivity (Wildman–Crippen MR) is 134 cm³/mol. The van der Waals surface area contributed by atoms with Crippen molar-refractivity contribution in [1.82, 2.24) is 19.9 Å². The smallest absolute Gasteiger partial charge is 0.433 e. The van der Waals surface area contributed by atoms with Gasteiger partial charge in [-0.3, -0.25) is 4.79 Å². The Kier molecular flexibility index (Phi) is 6.22. The molecule has 38 heavy (non-hydrogen) atoms. The number of nitrogens with zero attached hydrogens (tertiary/aromatic N) is 5. The first-order valence-corrected chi connectivity index (χ1v) is 11.7. The van der Waals surface area contributed by atoms with Crippen LogP contribution in [-0.4, -0.2) is 33.0 Å². The molecule has 2 aromatic carbocycles. The minimum absolute atomic E-state index is 0.00646. The number of hydrogen-bond acceptors (Lipinski definition) is 8. The fourth-order valence-electron chi connectivity index (χ4n) is 3.85. The summed E-state index contributed by atoms with van der Waals surface area (Å²) in [5.41, 5.74) is 5.81. The number of amides is 1. The molecule has 12 heteroatoms. The van der Waals surface area contributed by atoms with Gasteiger partial charge in [-0.05, 0) is 24.3 Å². The number of nitrogens with two attached hydrogens (primary N) is 1. The minimum Gasteiger partial charge on any atom is -0.496 e. The first kappa shape index (κ1) is 24.8. The van der Waals surface area contributed by atoms with Crippen LogP contribution in [0.3, 0.4) is 0 Å². The number of benzene rings is 2. The van der Waals surface area contributed by atoms with Crippen LogP contribution in [0.1, 0.15) is 21.6 Å². The third-order valence-corrected chi connectivity index (χ3v) is 6.53. The zero-order chi connectivity index (χ0) is 27.0. The number of hydrogen-bond donors (Lipinski definition) is 1. The van der Waals surface area contributed by atoms with E-state index in [1.54, 1.807) is 42.5 Å². The molecule has 0 unspecified atom stereocenters.